The number of carbonyl (C=O) groups is 1. The lowest BCUT2D eigenvalue weighted by atomic mass is 9.58. The molecule has 5 N–H and O–H groups in total. The zero-order chi connectivity index (χ0) is 60.6. The van der Waals surface area contributed by atoms with Crippen LogP contribution in [0.3, 0.4) is 0 Å². The smallest absolute Gasteiger partial charge is 0.470 e. The number of aromatic amines is 1. The zero-order valence-corrected chi connectivity index (χ0v) is 51.0. The number of nitro groups is 1. The third kappa shape index (κ3) is 11.3. The van der Waals surface area contributed by atoms with Crippen LogP contribution in [0.4, 0.5) is 37.2 Å². The SMILES string of the molecule is CC(C)c1ccccc1[C@H]1CCC(C)(C)CN1C1CC2(CCN(c3ccc(C(=O)NS(=O)(=O)c4cc5c(c([N+](=O)[O-])c4)N[C@H](C4(F)CCC(C)(OP(=O)(O)O)CC4)CO5)c(N4c5cc6c(F)c[nH]c6nc5O[C@H]5COC(C)(C)C[C@@H]54)c3)[C@H](C)C2)C1. The molecule has 3 saturated heterocycles. The summed E-state index contributed by atoms with van der Waals surface area (Å²) < 4.78 is 99.1. The number of rotatable bonds is 12. The monoisotopic (exact) mass is 1210 g/mol. The van der Waals surface area contributed by atoms with Gasteiger partial charge in [0.2, 0.25) is 5.88 Å². The highest BCUT2D eigenvalue weighted by molar-refractivity contribution is 7.90. The van der Waals surface area contributed by atoms with Gasteiger partial charge in [-0.2, -0.15) is 4.98 Å². The van der Waals surface area contributed by atoms with Crippen LogP contribution in [-0.2, 0) is 23.8 Å². The molecule has 7 aliphatic rings. The molecule has 2 aromatic heterocycles. The molecule has 5 aromatic rings. The van der Waals surface area contributed by atoms with Crippen LogP contribution in [0.1, 0.15) is 159 Å². The number of nitrogens with zero attached hydrogens (tertiary/aromatic N) is 5. The van der Waals surface area contributed by atoms with Crippen LogP contribution in [0.5, 0.6) is 11.6 Å². The van der Waals surface area contributed by atoms with Crippen molar-refractivity contribution in [1.82, 2.24) is 19.6 Å². The molecule has 0 radical (unpaired) electrons. The maximum absolute atomic E-state index is 16.7. The number of H-pyrrole nitrogens is 1. The number of benzene rings is 3. The molecular weight excluding hydrogens is 1140 g/mol. The van der Waals surface area contributed by atoms with Crippen LogP contribution in [0.15, 0.2) is 71.8 Å². The van der Waals surface area contributed by atoms with Gasteiger partial charge < -0.3 is 44.1 Å². The maximum Gasteiger partial charge on any atom is 0.470 e. The Morgan fingerprint density at radius 2 is 1.71 bits per heavy atom. The van der Waals surface area contributed by atoms with Crippen molar-refractivity contribution < 1.29 is 60.0 Å². The molecule has 2 saturated carbocycles. The van der Waals surface area contributed by atoms with Crippen LogP contribution >= 0.6 is 7.82 Å². The van der Waals surface area contributed by atoms with Crippen LogP contribution in [0.2, 0.25) is 0 Å². The Hall–Kier alpha value is -5.94. The van der Waals surface area contributed by atoms with Crippen LogP contribution < -0.4 is 29.3 Å². The van der Waals surface area contributed by atoms with Gasteiger partial charge in [-0.3, -0.25) is 24.3 Å². The number of phosphoric ester groups is 1. The minimum absolute atomic E-state index is 0.0654. The molecule has 0 bridgehead atoms. The van der Waals surface area contributed by atoms with E-state index in [0.717, 1.165) is 63.0 Å². The minimum Gasteiger partial charge on any atom is -0.489 e. The highest BCUT2D eigenvalue weighted by Crippen LogP contribution is 2.58. The Balaban J connectivity index is 0.854. The normalized spacial score (nSPS) is 28.3. The molecule has 458 valence electrons. The number of hydrogen-bond donors (Lipinski definition) is 5. The average Bonchev–Trinajstić information content (AvgIpc) is 3.89. The number of nitro benzene ring substituents is 1. The number of nitrogens with one attached hydrogen (secondary N) is 3. The van der Waals surface area contributed by atoms with Crippen LogP contribution in [0.25, 0.3) is 11.0 Å². The van der Waals surface area contributed by atoms with E-state index in [2.05, 4.69) is 83.7 Å². The number of likely N-dealkylation sites (tertiary alicyclic amines) is 1. The molecule has 24 heteroatoms. The molecule has 5 aliphatic heterocycles. The van der Waals surface area contributed by atoms with E-state index in [1.165, 1.54) is 30.7 Å². The number of amides is 1. The van der Waals surface area contributed by atoms with Gasteiger partial charge in [0.15, 0.2) is 11.4 Å². The standard InChI is InChI=1S/C61H77F2N8O12PS/c1-35(2)40-11-9-10-12-41(40)45-15-16-57(4,5)34-69(45)38-28-60(29-38)21-22-68(36(3)27-60)37-13-14-42(46(23-37)70-48-26-43-44(62)31-64-54(43)66-56(48)82-51-32-81-58(6,7)30-49(51)70)55(72)67-85(78,79)39-24-47(71(73)74)53-50(25-39)80-33-52(65-53)61(63)19-17-59(8,18-20-61)83-84(75,76)77/h9-14,23-26,31,35-36,38,45,49,51-52,65H,15-22,27-30,32-34H2,1-8H3,(H,64,66)(H,67,72)(H2,75,76,77)/t36-,38?,45-,49+,51+,52+,59?,60?,61?/m1/s1. The number of halogens is 2. The predicted molar refractivity (Wildman–Crippen MR) is 316 cm³/mol. The summed E-state index contributed by atoms with van der Waals surface area (Å²) in [6.07, 6.45) is 6.70. The molecule has 12 rings (SSSR count). The van der Waals surface area contributed by atoms with Crippen molar-refractivity contribution in [2.24, 2.45) is 10.8 Å². The molecule has 85 heavy (non-hydrogen) atoms. The summed E-state index contributed by atoms with van der Waals surface area (Å²) in [5.74, 6) is -1.32. The van der Waals surface area contributed by atoms with Crippen molar-refractivity contribution in [1.29, 1.82) is 0 Å². The van der Waals surface area contributed by atoms with Gasteiger partial charge in [-0.1, -0.05) is 52.0 Å². The van der Waals surface area contributed by atoms with E-state index in [1.54, 1.807) is 12.1 Å². The fourth-order valence-corrected chi connectivity index (χ4v) is 16.9. The number of carbonyl (C=O) groups excluding carboxylic acids is 1. The van der Waals surface area contributed by atoms with Gasteiger partial charge >= 0.3 is 7.82 Å². The molecule has 5 fully saturated rings. The van der Waals surface area contributed by atoms with Crippen LogP contribution in [-0.4, -0.2) is 117 Å². The second-order valence-corrected chi connectivity index (χ2v) is 30.1. The van der Waals surface area contributed by atoms with Crippen molar-refractivity contribution in [3.8, 4) is 11.6 Å². The Bertz CT molecular complexity index is 3640. The Labute approximate surface area is 494 Å². The highest BCUT2D eigenvalue weighted by Gasteiger charge is 2.54. The molecule has 0 unspecified atom stereocenters. The first kappa shape index (κ1) is 59.4. The maximum atomic E-state index is 16.7. The third-order valence-corrected chi connectivity index (χ3v) is 21.6. The summed E-state index contributed by atoms with van der Waals surface area (Å²) in [5.41, 5.74) is -0.301. The fourth-order valence-electron chi connectivity index (χ4n) is 15.2. The van der Waals surface area contributed by atoms with Crippen molar-refractivity contribution in [2.45, 2.75) is 190 Å². The molecule has 2 aliphatic carbocycles. The van der Waals surface area contributed by atoms with E-state index in [0.29, 0.717) is 35.8 Å². The topological polar surface area (TPSA) is 251 Å². The number of alkyl halides is 1. The minimum atomic E-state index is -4.95. The molecule has 20 nitrogen and oxygen atoms in total. The van der Waals surface area contributed by atoms with E-state index >= 15 is 13.6 Å². The van der Waals surface area contributed by atoms with Crippen molar-refractivity contribution in [3.05, 3.63) is 99.5 Å². The fraction of sp³-hybridized carbons (Fsp3) is 0.574. The van der Waals surface area contributed by atoms with Gasteiger partial charge in [-0.25, -0.2) is 26.5 Å². The summed E-state index contributed by atoms with van der Waals surface area (Å²) in [6.45, 7) is 18.4. The second kappa shape index (κ2) is 21.1. The third-order valence-electron chi connectivity index (χ3n) is 19.6. The van der Waals surface area contributed by atoms with E-state index in [9.17, 15) is 32.9 Å². The van der Waals surface area contributed by atoms with E-state index in [-0.39, 0.29) is 89.7 Å². The first-order chi connectivity index (χ1) is 39.9. The van der Waals surface area contributed by atoms with Gasteiger partial charge in [-0.15, -0.1) is 0 Å². The molecule has 1 spiro atoms. The predicted octanol–water partition coefficient (Wildman–Crippen LogP) is 11.6. The number of sulfonamides is 1. The molecule has 5 atom stereocenters. The van der Waals surface area contributed by atoms with Gasteiger partial charge in [-0.05, 0) is 144 Å². The lowest BCUT2D eigenvalue weighted by molar-refractivity contribution is -0.384. The van der Waals surface area contributed by atoms with Gasteiger partial charge in [0, 0.05) is 61.7 Å². The number of piperidine rings is 2. The summed E-state index contributed by atoms with van der Waals surface area (Å²) in [6, 6.07) is 16.8. The molecule has 3 aromatic carbocycles. The first-order valence-corrected chi connectivity index (χ1v) is 32.7. The van der Waals surface area contributed by atoms with Crippen molar-refractivity contribution in [2.75, 3.05) is 41.4 Å². The molecule has 1 amide bonds. The number of hydrogen-bond acceptors (Lipinski definition) is 15. The van der Waals surface area contributed by atoms with Gasteiger partial charge in [0.05, 0.1) is 56.3 Å². The summed E-state index contributed by atoms with van der Waals surface area (Å²) in [7, 11) is -9.84. The summed E-state index contributed by atoms with van der Waals surface area (Å²) in [4.78, 5) is 59.9. The lowest BCUT2D eigenvalue weighted by Gasteiger charge is -2.60. The number of anilines is 4. The highest BCUT2D eigenvalue weighted by atomic mass is 32.2. The van der Waals surface area contributed by atoms with Crippen molar-refractivity contribution >= 4 is 63.2 Å². The Kier molecular flexibility index (Phi) is 14.8. The van der Waals surface area contributed by atoms with E-state index < -0.39 is 80.1 Å². The lowest BCUT2D eigenvalue weighted by Crippen LogP contribution is -2.59. The second-order valence-electron chi connectivity index (χ2n) is 27.2. The largest absolute Gasteiger partial charge is 0.489 e. The summed E-state index contributed by atoms with van der Waals surface area (Å²) >= 11 is 0. The number of ether oxygens (including phenoxy) is 3. The number of aromatic nitrogens is 2. The molecule has 7 heterocycles. The molecular formula is C61H77F2N8O12PS. The number of phosphoric acid groups is 1. The quantitative estimate of drug-likeness (QED) is 0.0442. The number of fused-ring (bicyclic) bond motifs is 4. The van der Waals surface area contributed by atoms with E-state index in [1.807, 2.05) is 30.9 Å². The Morgan fingerprint density at radius 3 is 2.41 bits per heavy atom. The number of pyridine rings is 1. The first-order valence-electron chi connectivity index (χ1n) is 29.7. The van der Waals surface area contributed by atoms with Gasteiger partial charge in [0.25, 0.3) is 21.6 Å². The summed E-state index contributed by atoms with van der Waals surface area (Å²) in [5, 5.41) is 15.8. The van der Waals surface area contributed by atoms with Crippen molar-refractivity contribution in [3.63, 3.8) is 0 Å². The van der Waals surface area contributed by atoms with E-state index in [4.69, 9.17) is 23.7 Å². The average molecular weight is 1220 g/mol. The Morgan fingerprint density at radius 1 is 0.965 bits per heavy atom. The van der Waals surface area contributed by atoms with Crippen LogP contribution in [0, 0.1) is 26.8 Å². The zero-order valence-electron chi connectivity index (χ0n) is 49.3. The van der Waals surface area contributed by atoms with Gasteiger partial charge in [0.1, 0.15) is 35.5 Å².